The number of rotatable bonds is 6. The lowest BCUT2D eigenvalue weighted by Crippen LogP contribution is -2.43. The molecule has 0 aromatic carbocycles. The predicted octanol–water partition coefficient (Wildman–Crippen LogP) is -1.27. The quantitative estimate of drug-likeness (QED) is 0.580. The molecule has 8 nitrogen and oxygen atoms in total. The number of carboxylic acid groups (broad SMARTS) is 1. The minimum Gasteiger partial charge on any atom is -0.480 e. The highest BCUT2D eigenvalue weighted by atomic mass is 16.5. The molecule has 3 N–H and O–H groups in total. The highest BCUT2D eigenvalue weighted by Gasteiger charge is 2.39. The van der Waals surface area contributed by atoms with Gasteiger partial charge in [0.2, 0.25) is 11.8 Å². The Morgan fingerprint density at radius 3 is 2.58 bits per heavy atom. The smallest absolute Gasteiger partial charge is 0.326 e. The topological polar surface area (TPSA) is 127 Å². The number of carbonyl (C=O) groups excluding carboxylic acids is 3. The summed E-state index contributed by atoms with van der Waals surface area (Å²) in [5.41, 5.74) is 5.10. The number of nitrogens with two attached hydrogens (primary N) is 1. The molecule has 0 aromatic rings. The number of ether oxygens (including phenoxy) is 1. The summed E-state index contributed by atoms with van der Waals surface area (Å²) in [7, 11) is 1.20. The maximum Gasteiger partial charge on any atom is 0.326 e. The third-order valence-corrected chi connectivity index (χ3v) is 3.07. The van der Waals surface area contributed by atoms with Crippen LogP contribution in [0.3, 0.4) is 0 Å². The van der Waals surface area contributed by atoms with E-state index in [-0.39, 0.29) is 25.8 Å². The van der Waals surface area contributed by atoms with E-state index < -0.39 is 35.7 Å². The molecule has 2 atom stereocenters. The van der Waals surface area contributed by atoms with Gasteiger partial charge in [0.05, 0.1) is 13.0 Å². The molecule has 0 bridgehead atoms. The molecule has 1 unspecified atom stereocenters. The van der Waals surface area contributed by atoms with Crippen LogP contribution in [-0.2, 0) is 23.9 Å². The van der Waals surface area contributed by atoms with E-state index in [0.717, 1.165) is 4.90 Å². The lowest BCUT2D eigenvalue weighted by Gasteiger charge is -2.24. The van der Waals surface area contributed by atoms with E-state index >= 15 is 0 Å². The largest absolute Gasteiger partial charge is 0.480 e. The Kier molecular flexibility index (Phi) is 4.85. The zero-order valence-electron chi connectivity index (χ0n) is 10.5. The van der Waals surface area contributed by atoms with Crippen LogP contribution in [0, 0.1) is 5.92 Å². The highest BCUT2D eigenvalue weighted by Crippen LogP contribution is 2.22. The third kappa shape index (κ3) is 3.67. The molecule has 1 rings (SSSR count). The number of primary amides is 1. The molecule has 0 aliphatic carbocycles. The van der Waals surface area contributed by atoms with E-state index in [1.165, 1.54) is 7.11 Å². The van der Waals surface area contributed by atoms with Crippen molar-refractivity contribution in [3.63, 3.8) is 0 Å². The molecular weight excluding hydrogens is 256 g/mol. The van der Waals surface area contributed by atoms with Gasteiger partial charge in [-0.05, 0) is 6.42 Å². The maximum absolute atomic E-state index is 11.7. The van der Waals surface area contributed by atoms with Crippen LogP contribution in [-0.4, -0.2) is 53.5 Å². The maximum atomic E-state index is 11.7. The Hall–Kier alpha value is -2.12. The Labute approximate surface area is 109 Å². The summed E-state index contributed by atoms with van der Waals surface area (Å²) in [5.74, 6) is -3.52. The van der Waals surface area contributed by atoms with E-state index in [1.54, 1.807) is 0 Å². The van der Waals surface area contributed by atoms with Crippen LogP contribution in [0.2, 0.25) is 0 Å². The number of carboxylic acids is 1. The molecular formula is C11H16N2O6. The molecule has 1 aliphatic rings. The van der Waals surface area contributed by atoms with Gasteiger partial charge in [0.15, 0.2) is 0 Å². The summed E-state index contributed by atoms with van der Waals surface area (Å²) in [6.07, 6.45) is -0.255. The van der Waals surface area contributed by atoms with Crippen LogP contribution in [0.1, 0.15) is 19.3 Å². The van der Waals surface area contributed by atoms with Gasteiger partial charge in [-0.25, -0.2) is 4.79 Å². The van der Waals surface area contributed by atoms with Crippen molar-refractivity contribution >= 4 is 23.8 Å². The summed E-state index contributed by atoms with van der Waals surface area (Å²) in [6, 6.07) is -1.14. The average Bonchev–Trinajstić information content (AvgIpc) is 2.71. The fraction of sp³-hybridized carbons (Fsp3) is 0.636. The van der Waals surface area contributed by atoms with E-state index in [1.807, 2.05) is 0 Å². The van der Waals surface area contributed by atoms with Crippen LogP contribution in [0.15, 0.2) is 0 Å². The van der Waals surface area contributed by atoms with Gasteiger partial charge in [-0.2, -0.15) is 0 Å². The van der Waals surface area contributed by atoms with Gasteiger partial charge < -0.3 is 20.5 Å². The van der Waals surface area contributed by atoms with Gasteiger partial charge >= 0.3 is 11.9 Å². The van der Waals surface area contributed by atoms with Gasteiger partial charge in [-0.15, -0.1) is 0 Å². The van der Waals surface area contributed by atoms with Crippen molar-refractivity contribution in [2.75, 3.05) is 13.7 Å². The van der Waals surface area contributed by atoms with Crippen LogP contribution in [0.25, 0.3) is 0 Å². The molecule has 0 aromatic heterocycles. The van der Waals surface area contributed by atoms with Crippen LogP contribution < -0.4 is 5.73 Å². The first-order valence-corrected chi connectivity index (χ1v) is 5.75. The standard InChI is InChI=1S/C11H16N2O6/c1-19-9(15)3-2-7(11(17)18)13-5-6(10(12)16)4-8(13)14/h6-7H,2-5H2,1H3,(H2,12,16)(H,17,18)/t6?,7-/m0/s1. The first-order valence-electron chi connectivity index (χ1n) is 5.75. The van der Waals surface area contributed by atoms with Crippen LogP contribution >= 0.6 is 0 Å². The summed E-state index contributed by atoms with van der Waals surface area (Å²) >= 11 is 0. The van der Waals surface area contributed by atoms with Crippen molar-refractivity contribution < 1.29 is 29.0 Å². The Bertz CT molecular complexity index is 408. The van der Waals surface area contributed by atoms with Gasteiger partial charge in [0.1, 0.15) is 6.04 Å². The number of amides is 2. The zero-order valence-corrected chi connectivity index (χ0v) is 10.5. The molecule has 1 heterocycles. The lowest BCUT2D eigenvalue weighted by molar-refractivity contribution is -0.150. The molecule has 106 valence electrons. The van der Waals surface area contributed by atoms with Gasteiger partial charge in [0, 0.05) is 19.4 Å². The van der Waals surface area contributed by atoms with E-state index in [9.17, 15) is 19.2 Å². The molecule has 0 radical (unpaired) electrons. The van der Waals surface area contributed by atoms with Crippen LogP contribution in [0.5, 0.6) is 0 Å². The monoisotopic (exact) mass is 272 g/mol. The molecule has 8 heteroatoms. The lowest BCUT2D eigenvalue weighted by atomic mass is 10.1. The molecule has 1 fully saturated rings. The number of carbonyl (C=O) groups is 4. The van der Waals surface area contributed by atoms with Crippen molar-refractivity contribution in [3.05, 3.63) is 0 Å². The van der Waals surface area contributed by atoms with Crippen molar-refractivity contribution in [2.45, 2.75) is 25.3 Å². The second kappa shape index (κ2) is 6.17. The summed E-state index contributed by atoms with van der Waals surface area (Å²) in [6.45, 7) is -0.0215. The Morgan fingerprint density at radius 2 is 2.16 bits per heavy atom. The molecule has 19 heavy (non-hydrogen) atoms. The second-order valence-corrected chi connectivity index (χ2v) is 4.32. The van der Waals surface area contributed by atoms with Gasteiger partial charge in [-0.1, -0.05) is 0 Å². The van der Waals surface area contributed by atoms with E-state index in [2.05, 4.69) is 4.74 Å². The summed E-state index contributed by atoms with van der Waals surface area (Å²) < 4.78 is 4.42. The fourth-order valence-corrected chi connectivity index (χ4v) is 1.99. The minimum atomic E-state index is -1.22. The van der Waals surface area contributed by atoms with E-state index in [0.29, 0.717) is 0 Å². The fourth-order valence-electron chi connectivity index (χ4n) is 1.99. The molecule has 2 amide bonds. The van der Waals surface area contributed by atoms with Crippen molar-refractivity contribution in [1.82, 2.24) is 4.90 Å². The number of esters is 1. The third-order valence-electron chi connectivity index (χ3n) is 3.07. The Balaban J connectivity index is 2.71. The number of methoxy groups -OCH3 is 1. The molecule has 1 saturated heterocycles. The number of likely N-dealkylation sites (tertiary alicyclic amines) is 1. The molecule has 0 saturated carbocycles. The SMILES string of the molecule is COC(=O)CC[C@@H](C(=O)O)N1CC(C(N)=O)CC1=O. The number of hydrogen-bond donors (Lipinski definition) is 2. The van der Waals surface area contributed by atoms with Crippen molar-refractivity contribution in [2.24, 2.45) is 11.7 Å². The molecule has 1 aliphatic heterocycles. The molecule has 0 spiro atoms. The predicted molar refractivity (Wildman–Crippen MR) is 61.7 cm³/mol. The van der Waals surface area contributed by atoms with Crippen LogP contribution in [0.4, 0.5) is 0 Å². The second-order valence-electron chi connectivity index (χ2n) is 4.32. The van der Waals surface area contributed by atoms with Gasteiger partial charge in [-0.3, -0.25) is 14.4 Å². The summed E-state index contributed by atoms with van der Waals surface area (Å²) in [5, 5.41) is 9.10. The van der Waals surface area contributed by atoms with Crippen molar-refractivity contribution in [3.8, 4) is 0 Å². The van der Waals surface area contributed by atoms with Gasteiger partial charge in [0.25, 0.3) is 0 Å². The number of nitrogens with zero attached hydrogens (tertiary/aromatic N) is 1. The minimum absolute atomic E-state index is 0.0215. The average molecular weight is 272 g/mol. The Morgan fingerprint density at radius 1 is 1.53 bits per heavy atom. The zero-order chi connectivity index (χ0) is 14.6. The summed E-state index contributed by atoms with van der Waals surface area (Å²) in [4.78, 5) is 46.0. The normalized spacial score (nSPS) is 20.2. The first kappa shape index (κ1) is 14.9. The number of aliphatic carboxylic acids is 1. The van der Waals surface area contributed by atoms with Crippen molar-refractivity contribution in [1.29, 1.82) is 0 Å². The highest BCUT2D eigenvalue weighted by molar-refractivity contribution is 5.91. The van der Waals surface area contributed by atoms with E-state index in [4.69, 9.17) is 10.8 Å². The first-order chi connectivity index (χ1) is 8.86. The number of hydrogen-bond acceptors (Lipinski definition) is 5.